The summed E-state index contributed by atoms with van der Waals surface area (Å²) in [6, 6.07) is 28.9. The lowest BCUT2D eigenvalue weighted by molar-refractivity contribution is 0.585. The van der Waals surface area contributed by atoms with Crippen LogP contribution in [0.15, 0.2) is 89.3 Å². The lowest BCUT2D eigenvalue weighted by atomic mass is 10.1. The molecule has 174 valence electrons. The maximum absolute atomic E-state index is 6.28. The summed E-state index contributed by atoms with van der Waals surface area (Å²) in [5, 5.41) is 8.87. The number of fused-ring (bicyclic) bond motifs is 10. The van der Waals surface area contributed by atoms with Gasteiger partial charge in [-0.05, 0) is 48.5 Å². The van der Waals surface area contributed by atoms with Crippen LogP contribution in [0, 0.1) is 0 Å². The highest BCUT2D eigenvalue weighted by Crippen LogP contribution is 2.37. The van der Waals surface area contributed by atoms with Gasteiger partial charge in [0.2, 0.25) is 11.8 Å². The maximum atomic E-state index is 6.28. The van der Waals surface area contributed by atoms with Crippen LogP contribution in [0.5, 0.6) is 0 Å². The van der Waals surface area contributed by atoms with Crippen LogP contribution in [0.3, 0.4) is 0 Å². The summed E-state index contributed by atoms with van der Waals surface area (Å²) in [5.74, 6) is 0.887. The molecule has 0 aliphatic rings. The Morgan fingerprint density at radius 2 is 0.973 bits per heavy atom. The largest absolute Gasteiger partial charge is 0.416 e. The Morgan fingerprint density at radius 1 is 0.514 bits per heavy atom. The van der Waals surface area contributed by atoms with Crippen LogP contribution in [0.2, 0.25) is 0 Å². The number of hydrogen-bond donors (Lipinski definition) is 0. The normalized spacial score (nSPS) is 12.3. The molecule has 7 nitrogen and oxygen atoms in total. The fourth-order valence-electron chi connectivity index (χ4n) is 5.20. The van der Waals surface area contributed by atoms with Crippen molar-refractivity contribution in [3.63, 3.8) is 0 Å². The molecular formula is C28H14N6OS2. The van der Waals surface area contributed by atoms with Gasteiger partial charge in [-0.2, -0.15) is 0 Å². The summed E-state index contributed by atoms with van der Waals surface area (Å²) in [6.07, 6.45) is 0. The maximum Gasteiger partial charge on any atom is 0.250 e. The molecular weight excluding hydrogens is 500 g/mol. The minimum Gasteiger partial charge on any atom is -0.416 e. The molecule has 9 aromatic rings. The van der Waals surface area contributed by atoms with Gasteiger partial charge in [0.25, 0.3) is 0 Å². The second kappa shape index (κ2) is 7.00. The third-order valence-corrected chi connectivity index (χ3v) is 8.85. The highest BCUT2D eigenvalue weighted by atomic mass is 32.1. The molecule has 5 aromatic heterocycles. The van der Waals surface area contributed by atoms with Crippen molar-refractivity contribution in [3.8, 4) is 22.9 Å². The fourth-order valence-corrected chi connectivity index (χ4v) is 7.26. The molecule has 0 unspecified atom stereocenters. The van der Waals surface area contributed by atoms with Gasteiger partial charge < -0.3 is 4.42 Å². The number of para-hydroxylation sites is 4. The average molecular weight is 515 g/mol. The second-order valence-corrected chi connectivity index (χ2v) is 10.9. The van der Waals surface area contributed by atoms with Crippen molar-refractivity contribution in [2.24, 2.45) is 0 Å². The van der Waals surface area contributed by atoms with Crippen LogP contribution in [0.1, 0.15) is 0 Å². The fraction of sp³-hybridized carbons (Fsp3) is 0. The summed E-state index contributed by atoms with van der Waals surface area (Å²) in [4.78, 5) is 11.8. The van der Waals surface area contributed by atoms with Crippen molar-refractivity contribution < 1.29 is 4.42 Å². The van der Waals surface area contributed by atoms with Crippen molar-refractivity contribution in [1.82, 2.24) is 29.0 Å². The molecule has 0 aliphatic heterocycles. The van der Waals surface area contributed by atoms with Crippen LogP contribution in [-0.2, 0) is 0 Å². The Labute approximate surface area is 215 Å². The number of rotatable bonds is 2. The first-order valence-electron chi connectivity index (χ1n) is 11.8. The van der Waals surface area contributed by atoms with E-state index in [4.69, 9.17) is 14.4 Å². The van der Waals surface area contributed by atoms with Crippen LogP contribution in [0.25, 0.3) is 75.3 Å². The highest BCUT2D eigenvalue weighted by molar-refractivity contribution is 7.24. The van der Waals surface area contributed by atoms with E-state index in [0.717, 1.165) is 54.1 Å². The number of imidazole rings is 2. The Balaban J connectivity index is 1.23. The number of thiazole rings is 2. The summed E-state index contributed by atoms with van der Waals surface area (Å²) >= 11 is 3.35. The zero-order chi connectivity index (χ0) is 24.1. The SMILES string of the molecule is c1ccc2c(c1)sc1nc3c(-c4nnc(-c5cccc6c5nc5sc7ccccc7n56)o4)cccc3n12. The topological polar surface area (TPSA) is 73.5 Å². The van der Waals surface area contributed by atoms with E-state index in [1.165, 1.54) is 9.40 Å². The van der Waals surface area contributed by atoms with Crippen LogP contribution >= 0.6 is 22.7 Å². The third-order valence-electron chi connectivity index (χ3n) is 6.81. The van der Waals surface area contributed by atoms with E-state index in [-0.39, 0.29) is 0 Å². The Hall–Kier alpha value is -4.60. The summed E-state index contributed by atoms with van der Waals surface area (Å²) < 4.78 is 13.1. The monoisotopic (exact) mass is 514 g/mol. The Bertz CT molecular complexity index is 2170. The predicted octanol–water partition coefficient (Wildman–Crippen LogP) is 7.43. The van der Waals surface area contributed by atoms with Gasteiger partial charge in [0, 0.05) is 0 Å². The zero-order valence-corrected chi connectivity index (χ0v) is 20.6. The first-order valence-corrected chi connectivity index (χ1v) is 13.4. The molecule has 0 fully saturated rings. The molecule has 0 saturated heterocycles. The third kappa shape index (κ3) is 2.59. The molecule has 0 atom stereocenters. The number of benzene rings is 4. The van der Waals surface area contributed by atoms with Gasteiger partial charge in [0.15, 0.2) is 9.92 Å². The Kier molecular flexibility index (Phi) is 3.70. The van der Waals surface area contributed by atoms with Crippen LogP contribution in [-0.4, -0.2) is 29.0 Å². The van der Waals surface area contributed by atoms with Gasteiger partial charge in [-0.1, -0.05) is 59.1 Å². The smallest absolute Gasteiger partial charge is 0.250 e. The predicted molar refractivity (Wildman–Crippen MR) is 148 cm³/mol. The molecule has 37 heavy (non-hydrogen) atoms. The van der Waals surface area contributed by atoms with Gasteiger partial charge in [-0.15, -0.1) is 10.2 Å². The van der Waals surface area contributed by atoms with Gasteiger partial charge in [-0.25, -0.2) is 9.97 Å². The van der Waals surface area contributed by atoms with E-state index in [0.29, 0.717) is 11.8 Å². The van der Waals surface area contributed by atoms with Crippen molar-refractivity contribution in [3.05, 3.63) is 84.9 Å². The first kappa shape index (κ1) is 19.6. The van der Waals surface area contributed by atoms with E-state index < -0.39 is 0 Å². The van der Waals surface area contributed by atoms with Gasteiger partial charge in [0.05, 0.1) is 42.6 Å². The van der Waals surface area contributed by atoms with Crippen LogP contribution < -0.4 is 0 Å². The summed E-state index contributed by atoms with van der Waals surface area (Å²) in [5.41, 5.74) is 7.67. The minimum absolute atomic E-state index is 0.444. The van der Waals surface area contributed by atoms with Crippen molar-refractivity contribution >= 4 is 75.1 Å². The first-order chi connectivity index (χ1) is 18.3. The van der Waals surface area contributed by atoms with Crippen LogP contribution in [0.4, 0.5) is 0 Å². The molecule has 0 amide bonds. The number of hydrogen-bond acceptors (Lipinski definition) is 7. The molecule has 5 heterocycles. The van der Waals surface area contributed by atoms with Crippen molar-refractivity contribution in [2.75, 3.05) is 0 Å². The van der Waals surface area contributed by atoms with Crippen molar-refractivity contribution in [1.29, 1.82) is 0 Å². The number of aromatic nitrogens is 6. The van der Waals surface area contributed by atoms with E-state index in [9.17, 15) is 0 Å². The van der Waals surface area contributed by atoms with Gasteiger partial charge >= 0.3 is 0 Å². The zero-order valence-electron chi connectivity index (χ0n) is 19.0. The lowest BCUT2D eigenvalue weighted by Crippen LogP contribution is -1.83. The molecule has 0 N–H and O–H groups in total. The van der Waals surface area contributed by atoms with E-state index in [2.05, 4.69) is 79.7 Å². The van der Waals surface area contributed by atoms with E-state index in [1.807, 2.05) is 24.3 Å². The van der Waals surface area contributed by atoms with E-state index in [1.54, 1.807) is 22.7 Å². The molecule has 0 spiro atoms. The van der Waals surface area contributed by atoms with Gasteiger partial charge in [0.1, 0.15) is 11.0 Å². The summed E-state index contributed by atoms with van der Waals surface area (Å²) in [7, 11) is 0. The minimum atomic E-state index is 0.444. The standard InChI is InChI=1S/C28H14N6OS2/c1-3-13-21-17(9-1)33-19-11-5-7-15(23(19)29-27(33)36-21)25-31-32-26(35-25)16-8-6-12-20-24(16)30-28-34(20)18-10-2-4-14-22(18)37-28/h1-14H. The molecule has 9 heteroatoms. The Morgan fingerprint density at radius 3 is 1.49 bits per heavy atom. The van der Waals surface area contributed by atoms with Gasteiger partial charge in [-0.3, -0.25) is 8.80 Å². The number of nitrogens with zero attached hydrogens (tertiary/aromatic N) is 6. The quantitative estimate of drug-likeness (QED) is 0.240. The van der Waals surface area contributed by atoms with E-state index >= 15 is 0 Å². The molecule has 0 radical (unpaired) electrons. The molecule has 9 rings (SSSR count). The second-order valence-electron chi connectivity index (χ2n) is 8.86. The molecule has 0 aliphatic carbocycles. The highest BCUT2D eigenvalue weighted by Gasteiger charge is 2.21. The summed E-state index contributed by atoms with van der Waals surface area (Å²) in [6.45, 7) is 0. The molecule has 0 saturated carbocycles. The average Bonchev–Trinajstić information content (AvgIpc) is 3.73. The molecule has 0 bridgehead atoms. The lowest BCUT2D eigenvalue weighted by Gasteiger charge is -1.99. The van der Waals surface area contributed by atoms with Crippen molar-refractivity contribution in [2.45, 2.75) is 0 Å². The molecule has 4 aromatic carbocycles.